The molecule has 28 heavy (non-hydrogen) atoms. The number of allylic oxidation sites excluding steroid dienone is 3. The van der Waals surface area contributed by atoms with Crippen LogP contribution in [0, 0.1) is 0 Å². The molecule has 1 N–H and O–H groups in total. The smallest absolute Gasteiger partial charge is 0.291 e. The molecule has 0 bridgehead atoms. The Hall–Kier alpha value is -1.68. The monoisotopic (exact) mass is 434 g/mol. The van der Waals surface area contributed by atoms with Crippen LogP contribution in [0.2, 0.25) is 0 Å². The topological polar surface area (TPSA) is 70.7 Å². The van der Waals surface area contributed by atoms with Crippen LogP contribution >= 0.6 is 23.2 Å². The maximum absolute atomic E-state index is 6.05. The van der Waals surface area contributed by atoms with Gasteiger partial charge in [0, 0.05) is 52.6 Å². The van der Waals surface area contributed by atoms with Crippen molar-refractivity contribution in [1.29, 1.82) is 0 Å². The van der Waals surface area contributed by atoms with E-state index in [9.17, 15) is 0 Å². The Labute approximate surface area is 174 Å². The van der Waals surface area contributed by atoms with Gasteiger partial charge in [0.1, 0.15) is 0 Å². The fourth-order valence-corrected chi connectivity index (χ4v) is 3.31. The maximum atomic E-state index is 6.05. The molecule has 1 aliphatic heterocycles. The molecule has 0 aromatic heterocycles. The van der Waals surface area contributed by atoms with E-state index in [1.165, 1.54) is 42.7 Å². The zero-order valence-corrected chi connectivity index (χ0v) is 18.1. The van der Waals surface area contributed by atoms with E-state index < -0.39 is 11.6 Å². The van der Waals surface area contributed by atoms with Crippen LogP contribution in [0.5, 0.6) is 0 Å². The molecular formula is C18H24Cl2N2O6. The van der Waals surface area contributed by atoms with Crippen molar-refractivity contribution in [3.63, 3.8) is 0 Å². The van der Waals surface area contributed by atoms with Crippen molar-refractivity contribution in [2.75, 3.05) is 42.7 Å². The van der Waals surface area contributed by atoms with Gasteiger partial charge in [0.25, 0.3) is 11.6 Å². The van der Waals surface area contributed by atoms with E-state index in [4.69, 9.17) is 51.6 Å². The number of halogens is 2. The highest BCUT2D eigenvalue weighted by atomic mass is 35.5. The van der Waals surface area contributed by atoms with Gasteiger partial charge in [-0.15, -0.1) is 0 Å². The molecule has 0 saturated carbocycles. The number of hydrazine groups is 1. The van der Waals surface area contributed by atoms with Crippen LogP contribution in [0.3, 0.4) is 0 Å². The third-order valence-electron chi connectivity index (χ3n) is 4.40. The van der Waals surface area contributed by atoms with Crippen molar-refractivity contribution < 1.29 is 28.4 Å². The van der Waals surface area contributed by atoms with Crippen LogP contribution in [0.15, 0.2) is 57.9 Å². The second-order valence-electron chi connectivity index (χ2n) is 5.59. The van der Waals surface area contributed by atoms with Gasteiger partial charge in [-0.3, -0.25) is 5.01 Å². The third-order valence-corrected chi connectivity index (χ3v) is 5.11. The SMILES string of the molecule is COC1=C(OC)C(OC)(OC)C(OC)(OC)C=C1/C=C/N1C=C(Cl)C(Cl)=CN1. The Balaban J connectivity index is 2.55. The summed E-state index contributed by atoms with van der Waals surface area (Å²) in [5.41, 5.74) is 3.55. The van der Waals surface area contributed by atoms with E-state index in [0.717, 1.165) is 0 Å². The fourth-order valence-electron chi connectivity index (χ4n) is 3.06. The molecule has 1 heterocycles. The van der Waals surface area contributed by atoms with Crippen LogP contribution in [0.25, 0.3) is 0 Å². The number of methoxy groups -OCH3 is 6. The number of rotatable bonds is 8. The summed E-state index contributed by atoms with van der Waals surface area (Å²) in [6.07, 6.45) is 8.32. The summed E-state index contributed by atoms with van der Waals surface area (Å²) in [5, 5.41) is 2.42. The summed E-state index contributed by atoms with van der Waals surface area (Å²) in [5.74, 6) is -2.35. The second-order valence-corrected chi connectivity index (χ2v) is 6.40. The van der Waals surface area contributed by atoms with Gasteiger partial charge >= 0.3 is 0 Å². The van der Waals surface area contributed by atoms with Crippen LogP contribution in [-0.2, 0) is 28.4 Å². The van der Waals surface area contributed by atoms with Gasteiger partial charge in [-0.05, 0) is 12.2 Å². The molecule has 0 unspecified atom stereocenters. The van der Waals surface area contributed by atoms with E-state index >= 15 is 0 Å². The molecule has 0 aromatic rings. The van der Waals surface area contributed by atoms with Gasteiger partial charge < -0.3 is 33.8 Å². The molecule has 0 radical (unpaired) electrons. The first-order valence-electron chi connectivity index (χ1n) is 8.11. The lowest BCUT2D eigenvalue weighted by Gasteiger charge is -2.46. The summed E-state index contributed by atoms with van der Waals surface area (Å²) in [6.45, 7) is 0. The molecule has 0 saturated heterocycles. The van der Waals surface area contributed by atoms with Crippen LogP contribution in [-0.4, -0.2) is 59.2 Å². The van der Waals surface area contributed by atoms with Gasteiger partial charge in [-0.2, -0.15) is 0 Å². The predicted octanol–water partition coefficient (Wildman–Crippen LogP) is 2.90. The summed E-state index contributed by atoms with van der Waals surface area (Å²) < 4.78 is 33.8. The highest BCUT2D eigenvalue weighted by molar-refractivity contribution is 6.43. The molecule has 0 aromatic carbocycles. The minimum Gasteiger partial charge on any atom is -0.492 e. The lowest BCUT2D eigenvalue weighted by Crippen LogP contribution is -2.61. The lowest BCUT2D eigenvalue weighted by atomic mass is 9.91. The molecule has 156 valence electrons. The van der Waals surface area contributed by atoms with Crippen LogP contribution in [0.1, 0.15) is 0 Å². The van der Waals surface area contributed by atoms with E-state index in [2.05, 4.69) is 5.43 Å². The van der Waals surface area contributed by atoms with Crippen molar-refractivity contribution in [2.45, 2.75) is 11.6 Å². The highest BCUT2D eigenvalue weighted by Crippen LogP contribution is 2.46. The fraction of sp³-hybridized carbons (Fsp3) is 0.444. The first-order chi connectivity index (χ1) is 13.4. The molecule has 8 nitrogen and oxygen atoms in total. The summed E-state index contributed by atoms with van der Waals surface area (Å²) in [7, 11) is 8.85. The Morgan fingerprint density at radius 3 is 2.04 bits per heavy atom. The van der Waals surface area contributed by atoms with E-state index in [1.807, 2.05) is 0 Å². The van der Waals surface area contributed by atoms with Gasteiger partial charge in [0.2, 0.25) is 5.76 Å². The number of nitrogens with one attached hydrogen (secondary N) is 1. The molecule has 2 rings (SSSR count). The van der Waals surface area contributed by atoms with Crippen molar-refractivity contribution in [3.8, 4) is 0 Å². The molecule has 0 spiro atoms. The van der Waals surface area contributed by atoms with E-state index in [-0.39, 0.29) is 5.76 Å². The number of nitrogens with zero attached hydrogens (tertiary/aromatic N) is 1. The summed E-state index contributed by atoms with van der Waals surface area (Å²) in [4.78, 5) is 0. The third kappa shape index (κ3) is 3.63. The first-order valence-corrected chi connectivity index (χ1v) is 8.86. The molecule has 1 aliphatic carbocycles. The van der Waals surface area contributed by atoms with Crippen molar-refractivity contribution in [2.24, 2.45) is 0 Å². The number of ether oxygens (including phenoxy) is 6. The average Bonchev–Trinajstić information content (AvgIpc) is 2.72. The molecule has 10 heteroatoms. The van der Waals surface area contributed by atoms with Crippen molar-refractivity contribution in [1.82, 2.24) is 10.4 Å². The van der Waals surface area contributed by atoms with Crippen LogP contribution < -0.4 is 5.43 Å². The Bertz CT molecular complexity index is 736. The van der Waals surface area contributed by atoms with Gasteiger partial charge in [0.15, 0.2) is 5.76 Å². The lowest BCUT2D eigenvalue weighted by molar-refractivity contribution is -0.361. The minimum absolute atomic E-state index is 0.244. The van der Waals surface area contributed by atoms with Crippen molar-refractivity contribution >= 4 is 23.2 Å². The summed E-state index contributed by atoms with van der Waals surface area (Å²) >= 11 is 12.0. The molecule has 0 amide bonds. The maximum Gasteiger partial charge on any atom is 0.291 e. The number of hydrogen-bond acceptors (Lipinski definition) is 8. The molecule has 0 fully saturated rings. The normalized spacial score (nSPS) is 21.1. The van der Waals surface area contributed by atoms with E-state index in [1.54, 1.807) is 35.8 Å². The Kier molecular flexibility index (Phi) is 7.44. The van der Waals surface area contributed by atoms with Gasteiger partial charge in [0.05, 0.1) is 24.3 Å². The molecular weight excluding hydrogens is 411 g/mol. The Morgan fingerprint density at radius 1 is 0.929 bits per heavy atom. The predicted molar refractivity (Wildman–Crippen MR) is 105 cm³/mol. The largest absolute Gasteiger partial charge is 0.492 e. The highest BCUT2D eigenvalue weighted by Gasteiger charge is 2.61. The average molecular weight is 435 g/mol. The zero-order valence-electron chi connectivity index (χ0n) is 16.5. The van der Waals surface area contributed by atoms with E-state index in [0.29, 0.717) is 21.4 Å². The standard InChI is InChI=1S/C18H24Cl2N2O6/c1-23-15-12(7-8-22-11-14(20)13(19)10-21-22)9-17(25-3,26-4)18(27-5,28-6)16(15)24-2/h7-11,21H,1-6H3/b8-7+. The van der Waals surface area contributed by atoms with Gasteiger partial charge in [-0.1, -0.05) is 23.2 Å². The molecule has 0 atom stereocenters. The van der Waals surface area contributed by atoms with Crippen molar-refractivity contribution in [3.05, 3.63) is 57.9 Å². The Morgan fingerprint density at radius 2 is 1.57 bits per heavy atom. The van der Waals surface area contributed by atoms with Crippen LogP contribution in [0.4, 0.5) is 0 Å². The zero-order chi connectivity index (χ0) is 20.9. The first kappa shape index (κ1) is 22.6. The minimum atomic E-state index is -1.53. The second kappa shape index (κ2) is 9.21. The van der Waals surface area contributed by atoms with Gasteiger partial charge in [-0.25, -0.2) is 0 Å². The summed E-state index contributed by atoms with van der Waals surface area (Å²) in [6, 6.07) is 0. The number of hydrogen-bond donors (Lipinski definition) is 1. The quantitative estimate of drug-likeness (QED) is 0.584. The molecule has 2 aliphatic rings.